The van der Waals surface area contributed by atoms with Crippen LogP contribution in [-0.4, -0.2) is 43.2 Å². The van der Waals surface area contributed by atoms with Gasteiger partial charge in [0.25, 0.3) is 17.7 Å². The topological polar surface area (TPSA) is 94.1 Å². The minimum Gasteiger partial charge on any atom is -0.334 e. The molecule has 0 unspecified atom stereocenters. The van der Waals surface area contributed by atoms with Gasteiger partial charge in [0.05, 0.1) is 29.4 Å². The number of benzene rings is 1. The van der Waals surface area contributed by atoms with Crippen molar-refractivity contribution in [3.8, 4) is 11.5 Å². The Kier molecular flexibility index (Phi) is 3.00. The maximum Gasteiger partial charge on any atom is 0.261 e. The lowest BCUT2D eigenvalue weighted by Crippen LogP contribution is -2.33. The van der Waals surface area contributed by atoms with Gasteiger partial charge in [0, 0.05) is 12.7 Å². The first-order valence-corrected chi connectivity index (χ1v) is 6.99. The second-order valence-electron chi connectivity index (χ2n) is 5.05. The van der Waals surface area contributed by atoms with Crippen LogP contribution < -0.4 is 0 Å². The summed E-state index contributed by atoms with van der Waals surface area (Å²) in [4.78, 5) is 29.7. The summed E-state index contributed by atoms with van der Waals surface area (Å²) in [5.41, 5.74) is 1.58. The van der Waals surface area contributed by atoms with E-state index in [0.717, 1.165) is 0 Å². The molecule has 8 heteroatoms. The van der Waals surface area contributed by atoms with Gasteiger partial charge in [-0.25, -0.2) is 0 Å². The Labute approximate surface area is 130 Å². The number of amides is 2. The smallest absolute Gasteiger partial charge is 0.261 e. The predicted octanol–water partition coefficient (Wildman–Crippen LogP) is 1.23. The lowest BCUT2D eigenvalue weighted by atomic mass is 10.1. The fourth-order valence-electron chi connectivity index (χ4n) is 2.54. The zero-order valence-corrected chi connectivity index (χ0v) is 11.9. The van der Waals surface area contributed by atoms with E-state index in [0.29, 0.717) is 29.1 Å². The largest absolute Gasteiger partial charge is 0.334 e. The van der Waals surface area contributed by atoms with Gasteiger partial charge >= 0.3 is 0 Å². The van der Waals surface area contributed by atoms with Crippen LogP contribution in [-0.2, 0) is 6.54 Å². The van der Waals surface area contributed by atoms with E-state index in [2.05, 4.69) is 15.2 Å². The molecule has 0 radical (unpaired) electrons. The minimum atomic E-state index is -0.269. The van der Waals surface area contributed by atoms with Crippen molar-refractivity contribution in [3.63, 3.8) is 0 Å². The Balaban J connectivity index is 1.48. The quantitative estimate of drug-likeness (QED) is 0.673. The molecule has 0 saturated carbocycles. The second kappa shape index (κ2) is 5.16. The van der Waals surface area contributed by atoms with Gasteiger partial charge in [-0.15, -0.1) is 0 Å². The summed E-state index contributed by atoms with van der Waals surface area (Å²) in [7, 11) is 0. The molecular formula is C15H11N5O3. The first-order valence-electron chi connectivity index (χ1n) is 6.99. The average Bonchev–Trinajstić information content (AvgIpc) is 3.29. The first kappa shape index (κ1) is 13.4. The van der Waals surface area contributed by atoms with Crippen molar-refractivity contribution in [2.24, 2.45) is 0 Å². The Bertz CT molecular complexity index is 849. The molecule has 8 nitrogen and oxygen atoms in total. The van der Waals surface area contributed by atoms with E-state index in [1.54, 1.807) is 41.3 Å². The molecule has 0 bridgehead atoms. The Morgan fingerprint density at radius 2 is 1.78 bits per heavy atom. The first-order chi connectivity index (χ1) is 11.2. The molecular weight excluding hydrogens is 298 g/mol. The molecule has 0 aliphatic carbocycles. The highest BCUT2D eigenvalue weighted by Gasteiger charge is 2.34. The monoisotopic (exact) mass is 309 g/mol. The van der Waals surface area contributed by atoms with Crippen molar-refractivity contribution in [2.75, 3.05) is 6.54 Å². The van der Waals surface area contributed by atoms with Crippen LogP contribution in [0.25, 0.3) is 11.5 Å². The van der Waals surface area contributed by atoms with E-state index < -0.39 is 0 Å². The summed E-state index contributed by atoms with van der Waals surface area (Å²) in [5.74, 6) is -0.165. The van der Waals surface area contributed by atoms with Crippen molar-refractivity contribution in [1.29, 1.82) is 0 Å². The number of aromatic nitrogens is 4. The van der Waals surface area contributed by atoms with Crippen LogP contribution in [0.3, 0.4) is 0 Å². The van der Waals surface area contributed by atoms with Gasteiger partial charge in [-0.05, 0) is 12.1 Å². The number of imide groups is 1. The van der Waals surface area contributed by atoms with Crippen molar-refractivity contribution < 1.29 is 14.1 Å². The second-order valence-corrected chi connectivity index (χ2v) is 5.05. The maximum absolute atomic E-state index is 12.3. The zero-order valence-electron chi connectivity index (χ0n) is 11.9. The molecule has 1 aromatic carbocycles. The molecule has 2 amide bonds. The molecule has 114 valence electrons. The standard InChI is InChI=1S/C15H11N5O3/c21-14-11-3-1-2-4-12(11)15(22)20(14)6-5-19-8-10(7-17-19)13-16-9-18-23-13/h1-4,7-9H,5-6H2. The highest BCUT2D eigenvalue weighted by atomic mass is 16.5. The van der Waals surface area contributed by atoms with E-state index in [4.69, 9.17) is 4.52 Å². The number of hydrogen-bond donors (Lipinski definition) is 0. The summed E-state index contributed by atoms with van der Waals surface area (Å²) in [6, 6.07) is 6.82. The summed E-state index contributed by atoms with van der Waals surface area (Å²) in [5, 5.41) is 7.71. The van der Waals surface area contributed by atoms with E-state index in [-0.39, 0.29) is 18.4 Å². The molecule has 0 atom stereocenters. The summed E-state index contributed by atoms with van der Waals surface area (Å²) < 4.78 is 6.58. The Morgan fingerprint density at radius 1 is 1.04 bits per heavy atom. The van der Waals surface area contributed by atoms with Gasteiger partial charge in [0.2, 0.25) is 0 Å². The van der Waals surface area contributed by atoms with Gasteiger partial charge in [0.1, 0.15) is 0 Å². The maximum atomic E-state index is 12.3. The zero-order chi connectivity index (χ0) is 15.8. The van der Waals surface area contributed by atoms with Gasteiger partial charge in [-0.3, -0.25) is 19.2 Å². The van der Waals surface area contributed by atoms with Gasteiger partial charge in [0.15, 0.2) is 6.33 Å². The predicted molar refractivity (Wildman–Crippen MR) is 77.3 cm³/mol. The fraction of sp³-hybridized carbons (Fsp3) is 0.133. The van der Waals surface area contributed by atoms with E-state index in [1.807, 2.05) is 0 Å². The molecule has 4 rings (SSSR count). The molecule has 0 fully saturated rings. The molecule has 0 N–H and O–H groups in total. The highest BCUT2D eigenvalue weighted by molar-refractivity contribution is 6.21. The average molecular weight is 309 g/mol. The number of rotatable bonds is 4. The molecule has 1 aliphatic heterocycles. The SMILES string of the molecule is O=C1c2ccccc2C(=O)N1CCn1cc(-c2ncno2)cn1. The summed E-state index contributed by atoms with van der Waals surface area (Å²) >= 11 is 0. The Hall–Kier alpha value is -3.29. The molecule has 0 spiro atoms. The van der Waals surface area contributed by atoms with Crippen molar-refractivity contribution >= 4 is 11.8 Å². The van der Waals surface area contributed by atoms with Crippen LogP contribution >= 0.6 is 0 Å². The molecule has 1 aliphatic rings. The van der Waals surface area contributed by atoms with Crippen molar-refractivity contribution in [3.05, 3.63) is 54.1 Å². The third-order valence-corrected chi connectivity index (χ3v) is 3.67. The van der Waals surface area contributed by atoms with Crippen molar-refractivity contribution in [2.45, 2.75) is 6.54 Å². The lowest BCUT2D eigenvalue weighted by molar-refractivity contribution is 0.0647. The minimum absolute atomic E-state index is 0.247. The van der Waals surface area contributed by atoms with Gasteiger partial charge in [-0.1, -0.05) is 17.3 Å². The van der Waals surface area contributed by atoms with Crippen LogP contribution in [0.2, 0.25) is 0 Å². The molecule has 23 heavy (non-hydrogen) atoms. The summed E-state index contributed by atoms with van der Waals surface area (Å²) in [6.07, 6.45) is 4.63. The van der Waals surface area contributed by atoms with Crippen LogP contribution in [0.1, 0.15) is 20.7 Å². The third kappa shape index (κ3) is 2.20. The fourth-order valence-corrected chi connectivity index (χ4v) is 2.54. The number of nitrogens with zero attached hydrogens (tertiary/aromatic N) is 5. The number of fused-ring (bicyclic) bond motifs is 1. The Morgan fingerprint density at radius 3 is 2.43 bits per heavy atom. The number of hydrogen-bond acceptors (Lipinski definition) is 6. The van der Waals surface area contributed by atoms with E-state index >= 15 is 0 Å². The van der Waals surface area contributed by atoms with Gasteiger partial charge < -0.3 is 4.52 Å². The van der Waals surface area contributed by atoms with Crippen LogP contribution in [0.15, 0.2) is 47.5 Å². The van der Waals surface area contributed by atoms with Crippen LogP contribution in [0, 0.1) is 0 Å². The molecule has 2 aromatic heterocycles. The van der Waals surface area contributed by atoms with E-state index in [9.17, 15) is 9.59 Å². The molecule has 3 aromatic rings. The lowest BCUT2D eigenvalue weighted by Gasteiger charge is -2.13. The number of carbonyl (C=O) groups is 2. The van der Waals surface area contributed by atoms with Gasteiger partial charge in [-0.2, -0.15) is 10.1 Å². The third-order valence-electron chi connectivity index (χ3n) is 3.67. The van der Waals surface area contributed by atoms with E-state index in [1.165, 1.54) is 11.2 Å². The normalized spacial score (nSPS) is 13.7. The van der Waals surface area contributed by atoms with Crippen molar-refractivity contribution in [1.82, 2.24) is 24.8 Å². The molecule has 3 heterocycles. The highest BCUT2D eigenvalue weighted by Crippen LogP contribution is 2.22. The van der Waals surface area contributed by atoms with Crippen LogP contribution in [0.4, 0.5) is 0 Å². The number of carbonyl (C=O) groups excluding carboxylic acids is 2. The van der Waals surface area contributed by atoms with Crippen LogP contribution in [0.5, 0.6) is 0 Å². The molecule has 0 saturated heterocycles. The summed E-state index contributed by atoms with van der Waals surface area (Å²) in [6.45, 7) is 0.636.